The van der Waals surface area contributed by atoms with Gasteiger partial charge in [0.25, 0.3) is 11.5 Å². The number of Topliss-reactive ketones (excluding diaryl/α,β-unsaturated/α-hetero) is 1. The number of pyridine rings is 1. The molecular weight excluding hydrogens is 472 g/mol. The minimum Gasteiger partial charge on any atom is -0.507 e. The van der Waals surface area contributed by atoms with Crippen LogP contribution >= 0.6 is 11.3 Å². The monoisotopic (exact) mass is 488 g/mol. The van der Waals surface area contributed by atoms with Gasteiger partial charge in [-0.1, -0.05) is 29.5 Å². The second-order valence-electron chi connectivity index (χ2n) is 7.53. The highest BCUT2D eigenvalue weighted by Gasteiger charge is 2.49. The highest BCUT2D eigenvalue weighted by Crippen LogP contribution is 2.44. The third-order valence-corrected chi connectivity index (χ3v) is 6.57. The van der Waals surface area contributed by atoms with E-state index in [1.165, 1.54) is 36.4 Å². The molecule has 1 unspecified atom stereocenters. The number of para-hydroxylation sites is 1. The van der Waals surface area contributed by atoms with Gasteiger partial charge in [-0.05, 0) is 30.3 Å². The number of hydrogen-bond donors (Lipinski definition) is 1. The molecule has 35 heavy (non-hydrogen) atoms. The Morgan fingerprint density at radius 3 is 2.63 bits per heavy atom. The molecule has 174 valence electrons. The first-order chi connectivity index (χ1) is 16.9. The second-order valence-corrected chi connectivity index (χ2v) is 8.54. The third-order valence-electron chi connectivity index (χ3n) is 5.55. The average molecular weight is 488 g/mol. The Balaban J connectivity index is 1.72. The number of ketones is 1. The number of hydrogen-bond acceptors (Lipinski definition) is 9. The number of rotatable bonds is 5. The first kappa shape index (κ1) is 22.2. The van der Waals surface area contributed by atoms with Crippen LogP contribution in [0.2, 0.25) is 0 Å². The number of amides is 1. The maximum Gasteiger partial charge on any atom is 0.301 e. The molecule has 1 amide bonds. The molecule has 0 bridgehead atoms. The van der Waals surface area contributed by atoms with Crippen LogP contribution in [0.1, 0.15) is 17.3 Å². The normalized spacial score (nSPS) is 17.2. The Bertz CT molecular complexity index is 1530. The maximum absolute atomic E-state index is 13.3. The molecule has 2 aromatic carbocycles. The lowest BCUT2D eigenvalue weighted by molar-refractivity contribution is -0.384. The van der Waals surface area contributed by atoms with E-state index >= 15 is 0 Å². The summed E-state index contributed by atoms with van der Waals surface area (Å²) < 4.78 is 5.80. The first-order valence-electron chi connectivity index (χ1n) is 10.3. The van der Waals surface area contributed by atoms with E-state index in [0.29, 0.717) is 21.7 Å². The molecule has 0 saturated carbocycles. The van der Waals surface area contributed by atoms with Crippen LogP contribution in [0, 0.1) is 10.1 Å². The van der Waals surface area contributed by atoms with E-state index in [1.807, 2.05) is 0 Å². The van der Waals surface area contributed by atoms with Crippen molar-refractivity contribution in [2.24, 2.45) is 0 Å². The van der Waals surface area contributed by atoms with Crippen LogP contribution in [-0.4, -0.2) is 38.8 Å². The molecule has 0 radical (unpaired) electrons. The number of fused-ring (bicyclic) bond motifs is 1. The van der Waals surface area contributed by atoms with Gasteiger partial charge in [-0.2, -0.15) is 0 Å². The standard InChI is InChI=1S/C24H16N4O6S/c1-34-17-8-3-2-6-14(17)21(29)19-20(16-7-4-5-11-25-16)27(23(31)22(19)30)24-26-15-10-9-13(28(32)33)12-18(15)35-24/h2-12,20,29H,1H3/b21-19+. The molecule has 0 aliphatic carbocycles. The fraction of sp³-hybridized carbons (Fsp3) is 0.0833. The van der Waals surface area contributed by atoms with Crippen molar-refractivity contribution in [3.63, 3.8) is 0 Å². The third kappa shape index (κ3) is 3.67. The molecule has 1 saturated heterocycles. The SMILES string of the molecule is COc1ccccc1/C(O)=C1\C(=O)C(=O)N(c2nc3ccc([N+](=O)[O-])cc3s2)C1c1ccccn1. The van der Waals surface area contributed by atoms with Crippen molar-refractivity contribution in [1.82, 2.24) is 9.97 Å². The number of ether oxygens (including phenoxy) is 1. The van der Waals surface area contributed by atoms with Crippen LogP contribution in [0.15, 0.2) is 72.4 Å². The van der Waals surface area contributed by atoms with Crippen LogP contribution in [-0.2, 0) is 9.59 Å². The second kappa shape index (κ2) is 8.61. The largest absolute Gasteiger partial charge is 0.507 e. The van der Waals surface area contributed by atoms with Crippen LogP contribution in [0.25, 0.3) is 16.0 Å². The first-order valence-corrected chi connectivity index (χ1v) is 11.1. The quantitative estimate of drug-likeness (QED) is 0.145. The topological polar surface area (TPSA) is 136 Å². The molecule has 5 rings (SSSR count). The lowest BCUT2D eigenvalue weighted by atomic mass is 9.98. The number of nitro groups is 1. The van der Waals surface area contributed by atoms with Gasteiger partial charge in [-0.15, -0.1) is 0 Å². The molecule has 3 heterocycles. The number of carbonyl (C=O) groups is 2. The van der Waals surface area contributed by atoms with E-state index < -0.39 is 28.4 Å². The molecule has 1 N–H and O–H groups in total. The Hall–Kier alpha value is -4.64. The van der Waals surface area contributed by atoms with Gasteiger partial charge in [0.1, 0.15) is 17.6 Å². The van der Waals surface area contributed by atoms with Crippen molar-refractivity contribution >= 4 is 49.8 Å². The van der Waals surface area contributed by atoms with Crippen LogP contribution in [0.5, 0.6) is 5.75 Å². The van der Waals surface area contributed by atoms with Gasteiger partial charge in [0.2, 0.25) is 0 Å². The van der Waals surface area contributed by atoms with E-state index in [0.717, 1.165) is 11.3 Å². The lowest BCUT2D eigenvalue weighted by Crippen LogP contribution is -2.29. The summed E-state index contributed by atoms with van der Waals surface area (Å²) in [6.07, 6.45) is 1.51. The number of aliphatic hydroxyl groups excluding tert-OH is 1. The van der Waals surface area contributed by atoms with E-state index in [2.05, 4.69) is 9.97 Å². The smallest absolute Gasteiger partial charge is 0.301 e. The zero-order chi connectivity index (χ0) is 24.7. The molecule has 4 aromatic rings. The Morgan fingerprint density at radius 1 is 1.14 bits per heavy atom. The summed E-state index contributed by atoms with van der Waals surface area (Å²) in [7, 11) is 1.43. The highest BCUT2D eigenvalue weighted by atomic mass is 32.1. The average Bonchev–Trinajstić information content (AvgIpc) is 3.41. The Kier molecular flexibility index (Phi) is 5.46. The van der Waals surface area contributed by atoms with Gasteiger partial charge in [0, 0.05) is 18.3 Å². The van der Waals surface area contributed by atoms with Crippen molar-refractivity contribution in [2.75, 3.05) is 12.0 Å². The van der Waals surface area contributed by atoms with E-state index in [-0.39, 0.29) is 22.0 Å². The number of nitro benzene ring substituents is 1. The molecule has 1 atom stereocenters. The fourth-order valence-corrected chi connectivity index (χ4v) is 4.98. The molecule has 11 heteroatoms. The summed E-state index contributed by atoms with van der Waals surface area (Å²) in [6.45, 7) is 0. The number of nitrogens with zero attached hydrogens (tertiary/aromatic N) is 4. The molecule has 0 spiro atoms. The van der Waals surface area contributed by atoms with Gasteiger partial charge in [0.05, 0.1) is 39.1 Å². The summed E-state index contributed by atoms with van der Waals surface area (Å²) in [5.41, 5.74) is 0.736. The van der Waals surface area contributed by atoms with Crippen LogP contribution < -0.4 is 9.64 Å². The predicted molar refractivity (Wildman–Crippen MR) is 128 cm³/mol. The van der Waals surface area contributed by atoms with E-state index in [1.54, 1.807) is 42.5 Å². The Labute approximate surface area is 201 Å². The van der Waals surface area contributed by atoms with Crippen LogP contribution in [0.4, 0.5) is 10.8 Å². The van der Waals surface area contributed by atoms with Crippen molar-refractivity contribution < 1.29 is 24.4 Å². The number of aliphatic hydroxyl groups is 1. The fourth-order valence-electron chi connectivity index (χ4n) is 3.95. The molecular formula is C24H16N4O6S. The van der Waals surface area contributed by atoms with E-state index in [4.69, 9.17) is 4.74 Å². The summed E-state index contributed by atoms with van der Waals surface area (Å²) in [5, 5.41) is 22.6. The Morgan fingerprint density at radius 2 is 1.91 bits per heavy atom. The number of non-ortho nitro benzene ring substituents is 1. The molecule has 1 aliphatic heterocycles. The molecule has 10 nitrogen and oxygen atoms in total. The summed E-state index contributed by atoms with van der Waals surface area (Å²) >= 11 is 1.03. The van der Waals surface area contributed by atoms with Gasteiger partial charge in [0.15, 0.2) is 5.13 Å². The number of anilines is 1. The summed E-state index contributed by atoms with van der Waals surface area (Å²) in [6, 6.07) is 14.7. The van der Waals surface area contributed by atoms with Gasteiger partial charge in [-0.25, -0.2) is 4.98 Å². The van der Waals surface area contributed by atoms with Crippen molar-refractivity contribution in [3.05, 3.63) is 93.8 Å². The highest BCUT2D eigenvalue weighted by molar-refractivity contribution is 7.22. The van der Waals surface area contributed by atoms with Gasteiger partial charge >= 0.3 is 5.91 Å². The predicted octanol–water partition coefficient (Wildman–Crippen LogP) is 4.23. The minimum absolute atomic E-state index is 0.118. The summed E-state index contributed by atoms with van der Waals surface area (Å²) in [5.74, 6) is -1.89. The van der Waals surface area contributed by atoms with E-state index in [9.17, 15) is 24.8 Å². The number of benzene rings is 2. The number of thiazole rings is 1. The number of carbonyl (C=O) groups excluding carboxylic acids is 2. The van der Waals surface area contributed by atoms with Gasteiger partial charge in [-0.3, -0.25) is 29.6 Å². The van der Waals surface area contributed by atoms with Crippen molar-refractivity contribution in [1.29, 1.82) is 0 Å². The van der Waals surface area contributed by atoms with Crippen molar-refractivity contribution in [3.8, 4) is 5.75 Å². The molecule has 1 fully saturated rings. The van der Waals surface area contributed by atoms with Crippen molar-refractivity contribution in [2.45, 2.75) is 6.04 Å². The lowest BCUT2D eigenvalue weighted by Gasteiger charge is -2.22. The number of aromatic nitrogens is 2. The van der Waals surface area contributed by atoms with Gasteiger partial charge < -0.3 is 9.84 Å². The number of methoxy groups -OCH3 is 1. The molecule has 1 aliphatic rings. The zero-order valence-electron chi connectivity index (χ0n) is 18.1. The molecule has 2 aromatic heterocycles. The maximum atomic E-state index is 13.3. The van der Waals surface area contributed by atoms with Crippen LogP contribution in [0.3, 0.4) is 0 Å². The minimum atomic E-state index is -1.07. The zero-order valence-corrected chi connectivity index (χ0v) is 18.9. The summed E-state index contributed by atoms with van der Waals surface area (Å²) in [4.78, 5) is 47.1.